The van der Waals surface area contributed by atoms with Crippen LogP contribution in [0, 0.1) is 0 Å². The number of hydrogen-bond donors (Lipinski definition) is 2. The first-order chi connectivity index (χ1) is 12.7. The maximum Gasteiger partial charge on any atom is 0.338 e. The number of benzene rings is 2. The van der Waals surface area contributed by atoms with Crippen LogP contribution in [0.25, 0.3) is 11.3 Å². The van der Waals surface area contributed by atoms with Gasteiger partial charge in [-0.1, -0.05) is 0 Å². The number of ether oxygens (including phenoxy) is 1. The van der Waals surface area contributed by atoms with Crippen molar-refractivity contribution in [3.8, 4) is 11.3 Å². The van der Waals surface area contributed by atoms with Gasteiger partial charge in [0.25, 0.3) is 0 Å². The van der Waals surface area contributed by atoms with Crippen molar-refractivity contribution >= 4 is 23.4 Å². The number of esters is 1. The molecule has 0 unspecified atom stereocenters. The summed E-state index contributed by atoms with van der Waals surface area (Å²) in [5.41, 5.74) is 2.49. The van der Waals surface area contributed by atoms with Crippen LogP contribution in [0.1, 0.15) is 17.3 Å². The molecule has 1 aromatic heterocycles. The highest BCUT2D eigenvalue weighted by molar-refractivity contribution is 6.00. The van der Waals surface area contributed by atoms with E-state index in [4.69, 9.17) is 9.15 Å². The Hall–Kier alpha value is -3.61. The van der Waals surface area contributed by atoms with Gasteiger partial charge < -0.3 is 19.8 Å². The van der Waals surface area contributed by atoms with Crippen LogP contribution in [0.15, 0.2) is 65.5 Å². The molecule has 3 aromatic rings. The summed E-state index contributed by atoms with van der Waals surface area (Å²) in [5, 5.41) is 5.43. The number of rotatable bonds is 5. The van der Waals surface area contributed by atoms with Crippen LogP contribution in [0.5, 0.6) is 0 Å². The predicted molar refractivity (Wildman–Crippen MR) is 97.0 cm³/mol. The van der Waals surface area contributed by atoms with Crippen LogP contribution >= 0.6 is 0 Å². The summed E-state index contributed by atoms with van der Waals surface area (Å²) >= 11 is 0. The summed E-state index contributed by atoms with van der Waals surface area (Å²) < 4.78 is 10.1. The fourth-order valence-corrected chi connectivity index (χ4v) is 2.27. The molecule has 132 valence electrons. The van der Waals surface area contributed by atoms with Crippen molar-refractivity contribution in [2.24, 2.45) is 0 Å². The third kappa shape index (κ3) is 4.27. The first kappa shape index (κ1) is 17.2. The van der Waals surface area contributed by atoms with Gasteiger partial charge in [0.2, 0.25) is 0 Å². The Balaban J connectivity index is 1.57. The molecule has 2 N–H and O–H groups in total. The van der Waals surface area contributed by atoms with Crippen molar-refractivity contribution in [3.05, 3.63) is 66.7 Å². The highest BCUT2D eigenvalue weighted by Gasteiger charge is 2.08. The van der Waals surface area contributed by atoms with Crippen molar-refractivity contribution in [1.29, 1.82) is 0 Å². The minimum absolute atomic E-state index is 0.316. The second-order valence-corrected chi connectivity index (χ2v) is 5.32. The third-order valence-corrected chi connectivity index (χ3v) is 3.51. The normalized spacial score (nSPS) is 10.2. The molecule has 0 spiro atoms. The van der Waals surface area contributed by atoms with Gasteiger partial charge in [-0.05, 0) is 55.5 Å². The fourth-order valence-electron chi connectivity index (χ4n) is 2.27. The molecular formula is C19H17N3O4. The monoisotopic (exact) mass is 351 g/mol. The highest BCUT2D eigenvalue weighted by Crippen LogP contribution is 2.21. The molecule has 0 fully saturated rings. The number of nitrogens with zero attached hydrogens (tertiary/aromatic N) is 1. The summed E-state index contributed by atoms with van der Waals surface area (Å²) in [7, 11) is 0. The number of nitrogens with one attached hydrogen (secondary N) is 2. The molecule has 3 rings (SSSR count). The zero-order valence-electron chi connectivity index (χ0n) is 14.1. The van der Waals surface area contributed by atoms with Gasteiger partial charge in [-0.2, -0.15) is 0 Å². The van der Waals surface area contributed by atoms with Gasteiger partial charge in [-0.25, -0.2) is 14.6 Å². The maximum atomic E-state index is 12.1. The smallest absolute Gasteiger partial charge is 0.338 e. The molecular weight excluding hydrogens is 334 g/mol. The average molecular weight is 351 g/mol. The van der Waals surface area contributed by atoms with Gasteiger partial charge in [0.15, 0.2) is 12.2 Å². The van der Waals surface area contributed by atoms with Crippen molar-refractivity contribution < 1.29 is 18.7 Å². The lowest BCUT2D eigenvalue weighted by molar-refractivity contribution is 0.0526. The molecule has 0 radical (unpaired) electrons. The zero-order valence-corrected chi connectivity index (χ0v) is 14.1. The van der Waals surface area contributed by atoms with Gasteiger partial charge in [-0.3, -0.25) is 0 Å². The Bertz CT molecular complexity index is 872. The number of aromatic nitrogens is 1. The van der Waals surface area contributed by atoms with Crippen LogP contribution in [-0.2, 0) is 4.74 Å². The Labute approximate surface area is 150 Å². The molecule has 26 heavy (non-hydrogen) atoms. The van der Waals surface area contributed by atoms with E-state index in [0.717, 1.165) is 5.56 Å². The second kappa shape index (κ2) is 7.98. The molecule has 0 aliphatic carbocycles. The molecule has 2 aromatic carbocycles. The quantitative estimate of drug-likeness (QED) is 0.673. The number of carbonyl (C=O) groups excluding carboxylic acids is 2. The number of oxazole rings is 1. The van der Waals surface area contributed by atoms with E-state index in [1.807, 2.05) is 12.1 Å². The van der Waals surface area contributed by atoms with Crippen LogP contribution in [0.3, 0.4) is 0 Å². The summed E-state index contributed by atoms with van der Waals surface area (Å²) in [6, 6.07) is 13.3. The fraction of sp³-hybridized carbons (Fsp3) is 0.105. The number of urea groups is 1. The first-order valence-electron chi connectivity index (χ1n) is 8.00. The highest BCUT2D eigenvalue weighted by atomic mass is 16.5. The standard InChI is InChI=1S/C19H17N3O4/c1-2-25-18(23)14-5-9-16(10-6-14)22-19(24)21-15-7-3-13(4-8-15)17-11-20-12-26-17/h3-12H,2H2,1H3,(H2,21,22,24). The summed E-state index contributed by atoms with van der Waals surface area (Å²) in [4.78, 5) is 27.5. The van der Waals surface area contributed by atoms with E-state index >= 15 is 0 Å². The molecule has 0 saturated carbocycles. The summed E-state index contributed by atoms with van der Waals surface area (Å²) in [5.74, 6) is 0.262. The van der Waals surface area contributed by atoms with E-state index < -0.39 is 5.97 Å². The van der Waals surface area contributed by atoms with Crippen LogP contribution in [0.2, 0.25) is 0 Å². The van der Waals surface area contributed by atoms with Crippen LogP contribution < -0.4 is 10.6 Å². The first-order valence-corrected chi connectivity index (χ1v) is 8.00. The number of amides is 2. The largest absolute Gasteiger partial charge is 0.462 e. The van der Waals surface area contributed by atoms with E-state index in [9.17, 15) is 9.59 Å². The van der Waals surface area contributed by atoms with Crippen LogP contribution in [0.4, 0.5) is 16.2 Å². The molecule has 0 aliphatic rings. The van der Waals surface area contributed by atoms with E-state index in [1.54, 1.807) is 49.5 Å². The Morgan fingerprint density at radius 3 is 2.15 bits per heavy atom. The third-order valence-electron chi connectivity index (χ3n) is 3.51. The average Bonchev–Trinajstić information content (AvgIpc) is 3.18. The zero-order chi connectivity index (χ0) is 18.4. The number of hydrogen-bond acceptors (Lipinski definition) is 5. The van der Waals surface area contributed by atoms with Gasteiger partial charge >= 0.3 is 12.0 Å². The number of anilines is 2. The van der Waals surface area contributed by atoms with E-state index in [1.165, 1.54) is 6.39 Å². The lowest BCUT2D eigenvalue weighted by atomic mass is 10.2. The Morgan fingerprint density at radius 2 is 1.62 bits per heavy atom. The SMILES string of the molecule is CCOC(=O)c1ccc(NC(=O)Nc2ccc(-c3cnco3)cc2)cc1. The van der Waals surface area contributed by atoms with Crippen molar-refractivity contribution in [3.63, 3.8) is 0 Å². The number of carbonyl (C=O) groups is 2. The molecule has 7 heteroatoms. The van der Waals surface area contributed by atoms with E-state index in [-0.39, 0.29) is 6.03 Å². The molecule has 2 amide bonds. The molecule has 1 heterocycles. The molecule has 0 aliphatic heterocycles. The molecule has 0 saturated heterocycles. The predicted octanol–water partition coefficient (Wildman–Crippen LogP) is 4.16. The van der Waals surface area contributed by atoms with Gasteiger partial charge in [0.05, 0.1) is 18.4 Å². The molecule has 7 nitrogen and oxygen atoms in total. The van der Waals surface area contributed by atoms with Gasteiger partial charge in [0.1, 0.15) is 0 Å². The maximum absolute atomic E-state index is 12.1. The van der Waals surface area contributed by atoms with Gasteiger partial charge in [0, 0.05) is 16.9 Å². The second-order valence-electron chi connectivity index (χ2n) is 5.32. The minimum atomic E-state index is -0.393. The van der Waals surface area contributed by atoms with Crippen molar-refractivity contribution in [2.45, 2.75) is 6.92 Å². The molecule has 0 atom stereocenters. The Morgan fingerprint density at radius 1 is 1.00 bits per heavy atom. The van der Waals surface area contributed by atoms with Crippen LogP contribution in [-0.4, -0.2) is 23.6 Å². The lowest BCUT2D eigenvalue weighted by Crippen LogP contribution is -2.19. The van der Waals surface area contributed by atoms with Crippen molar-refractivity contribution in [1.82, 2.24) is 4.98 Å². The van der Waals surface area contributed by atoms with Gasteiger partial charge in [-0.15, -0.1) is 0 Å². The summed E-state index contributed by atoms with van der Waals surface area (Å²) in [6.07, 6.45) is 2.98. The lowest BCUT2D eigenvalue weighted by Gasteiger charge is -2.09. The van der Waals surface area contributed by atoms with Crippen molar-refractivity contribution in [2.75, 3.05) is 17.2 Å². The summed E-state index contributed by atoms with van der Waals surface area (Å²) in [6.45, 7) is 2.06. The molecule has 0 bridgehead atoms. The van der Waals surface area contributed by atoms with E-state index in [2.05, 4.69) is 15.6 Å². The Kier molecular flexibility index (Phi) is 5.28. The van der Waals surface area contributed by atoms with E-state index in [0.29, 0.717) is 29.3 Å². The topological polar surface area (TPSA) is 93.5 Å². The minimum Gasteiger partial charge on any atom is -0.462 e.